The Bertz CT molecular complexity index is 835. The van der Waals surface area contributed by atoms with Gasteiger partial charge < -0.3 is 15.0 Å². The molecule has 0 spiro atoms. The molecule has 2 N–H and O–H groups in total. The number of aryl methyl sites for hydroxylation is 1. The maximum Gasteiger partial charge on any atom is 0.257 e. The van der Waals surface area contributed by atoms with Gasteiger partial charge in [0.25, 0.3) is 5.91 Å². The van der Waals surface area contributed by atoms with E-state index < -0.39 is 0 Å². The molecular weight excluding hydrogens is 308 g/mol. The van der Waals surface area contributed by atoms with Crippen LogP contribution >= 0.6 is 11.3 Å². The van der Waals surface area contributed by atoms with Gasteiger partial charge in [0.05, 0.1) is 12.1 Å². The second-order valence-electron chi connectivity index (χ2n) is 5.45. The zero-order valence-corrected chi connectivity index (χ0v) is 13.9. The summed E-state index contributed by atoms with van der Waals surface area (Å²) < 4.78 is 2.14. The van der Waals surface area contributed by atoms with Gasteiger partial charge >= 0.3 is 0 Å². The first kappa shape index (κ1) is 15.4. The van der Waals surface area contributed by atoms with Crippen LogP contribution in [0.1, 0.15) is 26.6 Å². The van der Waals surface area contributed by atoms with Gasteiger partial charge in [0, 0.05) is 28.0 Å². The molecule has 0 saturated heterocycles. The van der Waals surface area contributed by atoms with Crippen molar-refractivity contribution in [1.82, 2.24) is 4.57 Å². The maximum absolute atomic E-state index is 12.5. The van der Waals surface area contributed by atoms with Crippen LogP contribution in [0.3, 0.4) is 0 Å². The average Bonchev–Trinajstić information content (AvgIpc) is 3.11. The summed E-state index contributed by atoms with van der Waals surface area (Å²) in [5.41, 5.74) is 3.23. The number of rotatable bonds is 4. The number of aromatic nitrogens is 1. The molecule has 3 rings (SSSR count). The summed E-state index contributed by atoms with van der Waals surface area (Å²) >= 11 is 1.71. The van der Waals surface area contributed by atoms with Crippen LogP contribution in [0.5, 0.6) is 5.75 Å². The number of hydrogen-bond donors (Lipinski definition) is 2. The van der Waals surface area contributed by atoms with Crippen molar-refractivity contribution < 1.29 is 9.90 Å². The smallest absolute Gasteiger partial charge is 0.257 e. The maximum atomic E-state index is 12.5. The van der Waals surface area contributed by atoms with Gasteiger partial charge in [-0.1, -0.05) is 12.1 Å². The van der Waals surface area contributed by atoms with Crippen molar-refractivity contribution >= 4 is 22.9 Å². The molecule has 2 aromatic heterocycles. The fourth-order valence-corrected chi connectivity index (χ4v) is 3.31. The van der Waals surface area contributed by atoms with E-state index >= 15 is 0 Å². The predicted octanol–water partition coefficient (Wildman–Crippen LogP) is 4.17. The summed E-state index contributed by atoms with van der Waals surface area (Å²) in [6.07, 6.45) is 0. The fourth-order valence-electron chi connectivity index (χ4n) is 2.61. The molecule has 5 heteroatoms. The lowest BCUT2D eigenvalue weighted by molar-refractivity contribution is 0.102. The Labute approximate surface area is 139 Å². The van der Waals surface area contributed by atoms with Gasteiger partial charge in [0.1, 0.15) is 5.75 Å². The minimum Gasteiger partial charge on any atom is -0.508 e. The third kappa shape index (κ3) is 3.29. The Kier molecular flexibility index (Phi) is 4.21. The van der Waals surface area contributed by atoms with Crippen molar-refractivity contribution in [2.45, 2.75) is 20.4 Å². The number of thiophene rings is 1. The second kappa shape index (κ2) is 6.30. The molecule has 0 aliphatic carbocycles. The van der Waals surface area contributed by atoms with E-state index in [1.165, 1.54) is 10.9 Å². The number of benzene rings is 1. The van der Waals surface area contributed by atoms with Crippen LogP contribution < -0.4 is 5.32 Å². The molecule has 3 aromatic rings. The minimum atomic E-state index is -0.166. The van der Waals surface area contributed by atoms with Crippen molar-refractivity contribution in [2.75, 3.05) is 5.32 Å². The van der Waals surface area contributed by atoms with E-state index in [1.807, 2.05) is 26.0 Å². The number of anilines is 1. The molecule has 2 heterocycles. The second-order valence-corrected chi connectivity index (χ2v) is 6.49. The number of carbonyl (C=O) groups is 1. The molecule has 0 bridgehead atoms. The number of aromatic hydroxyl groups is 1. The zero-order chi connectivity index (χ0) is 16.4. The molecule has 0 atom stereocenters. The lowest BCUT2D eigenvalue weighted by Gasteiger charge is -2.09. The van der Waals surface area contributed by atoms with E-state index in [9.17, 15) is 9.90 Å². The standard InChI is InChI=1S/C18H18N2O2S/c1-12-9-17(13(2)20(12)11-16-7-4-8-23-16)18(22)19-14-5-3-6-15(21)10-14/h3-10,21H,11H2,1-2H3,(H,19,22). The Hall–Kier alpha value is -2.53. The van der Waals surface area contributed by atoms with Gasteiger partial charge in [-0.25, -0.2) is 0 Å². The van der Waals surface area contributed by atoms with E-state index in [2.05, 4.69) is 21.3 Å². The monoisotopic (exact) mass is 326 g/mol. The van der Waals surface area contributed by atoms with Gasteiger partial charge in [-0.3, -0.25) is 4.79 Å². The Morgan fingerprint density at radius 1 is 1.22 bits per heavy atom. The number of phenolic OH excluding ortho intramolecular Hbond substituents is 1. The Morgan fingerprint density at radius 3 is 2.74 bits per heavy atom. The van der Waals surface area contributed by atoms with Crippen LogP contribution in [0.15, 0.2) is 47.8 Å². The predicted molar refractivity (Wildman–Crippen MR) is 93.4 cm³/mol. The quantitative estimate of drug-likeness (QED) is 0.756. The first-order valence-corrected chi connectivity index (χ1v) is 8.22. The summed E-state index contributed by atoms with van der Waals surface area (Å²) in [7, 11) is 0. The molecule has 23 heavy (non-hydrogen) atoms. The van der Waals surface area contributed by atoms with Crippen molar-refractivity contribution in [1.29, 1.82) is 0 Å². The molecule has 118 valence electrons. The molecule has 0 aliphatic heterocycles. The summed E-state index contributed by atoms with van der Waals surface area (Å²) in [6, 6.07) is 12.6. The van der Waals surface area contributed by atoms with E-state index in [-0.39, 0.29) is 11.7 Å². The molecule has 4 nitrogen and oxygen atoms in total. The number of phenols is 1. The molecular formula is C18H18N2O2S. The van der Waals surface area contributed by atoms with E-state index in [4.69, 9.17) is 0 Å². The molecule has 1 amide bonds. The van der Waals surface area contributed by atoms with Crippen molar-refractivity contribution in [3.8, 4) is 5.75 Å². The molecule has 0 radical (unpaired) electrons. The lowest BCUT2D eigenvalue weighted by Crippen LogP contribution is -2.13. The van der Waals surface area contributed by atoms with Crippen LogP contribution in [0.2, 0.25) is 0 Å². The van der Waals surface area contributed by atoms with Crippen molar-refractivity contribution in [2.24, 2.45) is 0 Å². The minimum absolute atomic E-state index is 0.131. The van der Waals surface area contributed by atoms with Crippen LogP contribution in [0.4, 0.5) is 5.69 Å². The summed E-state index contributed by atoms with van der Waals surface area (Å²) in [5.74, 6) is -0.0351. The number of hydrogen-bond acceptors (Lipinski definition) is 3. The van der Waals surface area contributed by atoms with Crippen molar-refractivity contribution in [3.63, 3.8) is 0 Å². The molecule has 0 saturated carbocycles. The largest absolute Gasteiger partial charge is 0.508 e. The van der Waals surface area contributed by atoms with Gasteiger partial charge in [-0.05, 0) is 43.5 Å². The number of nitrogens with one attached hydrogen (secondary N) is 1. The highest BCUT2D eigenvalue weighted by molar-refractivity contribution is 7.09. The lowest BCUT2D eigenvalue weighted by atomic mass is 10.2. The SMILES string of the molecule is Cc1cc(C(=O)Nc2cccc(O)c2)c(C)n1Cc1cccs1. The highest BCUT2D eigenvalue weighted by Gasteiger charge is 2.16. The summed E-state index contributed by atoms with van der Waals surface area (Å²) in [6.45, 7) is 4.73. The average molecular weight is 326 g/mol. The van der Waals surface area contributed by atoms with Gasteiger partial charge in [0.15, 0.2) is 0 Å². The number of carbonyl (C=O) groups excluding carboxylic acids is 1. The van der Waals surface area contributed by atoms with Crippen LogP contribution in [-0.4, -0.2) is 15.6 Å². The summed E-state index contributed by atoms with van der Waals surface area (Å²) in [5, 5.41) is 14.4. The molecule has 1 aromatic carbocycles. The number of nitrogens with zero attached hydrogens (tertiary/aromatic N) is 1. The normalized spacial score (nSPS) is 10.7. The molecule has 0 fully saturated rings. The Balaban J connectivity index is 1.84. The highest BCUT2D eigenvalue weighted by atomic mass is 32.1. The first-order valence-electron chi connectivity index (χ1n) is 7.34. The van der Waals surface area contributed by atoms with E-state index in [1.54, 1.807) is 29.5 Å². The Morgan fingerprint density at radius 2 is 2.04 bits per heavy atom. The van der Waals surface area contributed by atoms with Gasteiger partial charge in [0.2, 0.25) is 0 Å². The van der Waals surface area contributed by atoms with E-state index in [0.717, 1.165) is 17.9 Å². The topological polar surface area (TPSA) is 54.3 Å². The van der Waals surface area contributed by atoms with Crippen LogP contribution in [-0.2, 0) is 6.54 Å². The fraction of sp³-hybridized carbons (Fsp3) is 0.167. The number of amides is 1. The van der Waals surface area contributed by atoms with Gasteiger partial charge in [-0.15, -0.1) is 11.3 Å². The third-order valence-corrected chi connectivity index (χ3v) is 4.68. The third-order valence-electron chi connectivity index (χ3n) is 3.82. The van der Waals surface area contributed by atoms with Crippen LogP contribution in [0, 0.1) is 13.8 Å². The van der Waals surface area contributed by atoms with Crippen LogP contribution in [0.25, 0.3) is 0 Å². The van der Waals surface area contributed by atoms with E-state index in [0.29, 0.717) is 11.3 Å². The highest BCUT2D eigenvalue weighted by Crippen LogP contribution is 2.21. The van der Waals surface area contributed by atoms with Gasteiger partial charge in [-0.2, -0.15) is 0 Å². The summed E-state index contributed by atoms with van der Waals surface area (Å²) in [4.78, 5) is 13.8. The molecule has 0 aliphatic rings. The zero-order valence-electron chi connectivity index (χ0n) is 13.0. The van der Waals surface area contributed by atoms with Crippen molar-refractivity contribution in [3.05, 3.63) is 69.7 Å². The molecule has 0 unspecified atom stereocenters. The first-order chi connectivity index (χ1) is 11.0.